The van der Waals surface area contributed by atoms with Crippen molar-refractivity contribution in [3.05, 3.63) is 51.8 Å². The molecule has 0 saturated heterocycles. The highest BCUT2D eigenvalue weighted by molar-refractivity contribution is 6.32. The maximum atomic E-state index is 12.3. The normalized spacial score (nSPS) is 10.7. The molecule has 0 bridgehead atoms. The van der Waals surface area contributed by atoms with Gasteiger partial charge in [0, 0.05) is 6.54 Å². The summed E-state index contributed by atoms with van der Waals surface area (Å²) in [7, 11) is 0. The standard InChI is InChI=1S/C20H26ClN3O3/c1-4-5-6-11-22-17(25)13-27-20(26)18-15(3)23-24(19(18)21)12-16-9-7-14(2)8-10-16/h7-10H,4-6,11-13H2,1-3H3,(H,22,25). The van der Waals surface area contributed by atoms with E-state index in [4.69, 9.17) is 16.3 Å². The molecule has 0 fully saturated rings. The van der Waals surface area contributed by atoms with Gasteiger partial charge in [0.15, 0.2) is 6.61 Å². The van der Waals surface area contributed by atoms with Gasteiger partial charge in [-0.15, -0.1) is 0 Å². The summed E-state index contributed by atoms with van der Waals surface area (Å²) in [6.45, 7) is 6.50. The molecule has 1 heterocycles. The van der Waals surface area contributed by atoms with Crippen LogP contribution in [0, 0.1) is 13.8 Å². The number of esters is 1. The van der Waals surface area contributed by atoms with Gasteiger partial charge < -0.3 is 10.1 Å². The predicted octanol–water partition coefficient (Wildman–Crippen LogP) is 3.66. The van der Waals surface area contributed by atoms with E-state index < -0.39 is 5.97 Å². The Bertz CT molecular complexity index is 785. The summed E-state index contributed by atoms with van der Waals surface area (Å²) in [6, 6.07) is 7.99. The lowest BCUT2D eigenvalue weighted by molar-refractivity contribution is -0.124. The van der Waals surface area contributed by atoms with Gasteiger partial charge in [-0.1, -0.05) is 61.2 Å². The molecule has 2 aromatic rings. The summed E-state index contributed by atoms with van der Waals surface area (Å²) in [4.78, 5) is 24.1. The van der Waals surface area contributed by atoms with Crippen LogP contribution in [0.2, 0.25) is 5.15 Å². The van der Waals surface area contributed by atoms with Crippen LogP contribution in [-0.2, 0) is 16.1 Å². The molecule has 0 aliphatic heterocycles. The van der Waals surface area contributed by atoms with Crippen molar-refractivity contribution in [1.82, 2.24) is 15.1 Å². The number of halogens is 1. The zero-order chi connectivity index (χ0) is 19.8. The van der Waals surface area contributed by atoms with Crippen molar-refractivity contribution in [2.75, 3.05) is 13.2 Å². The molecule has 0 aliphatic rings. The molecule has 0 saturated carbocycles. The molecule has 1 N–H and O–H groups in total. The lowest BCUT2D eigenvalue weighted by atomic mass is 10.1. The van der Waals surface area contributed by atoms with E-state index in [0.717, 1.165) is 24.8 Å². The van der Waals surface area contributed by atoms with E-state index in [2.05, 4.69) is 17.3 Å². The minimum atomic E-state index is -0.642. The minimum Gasteiger partial charge on any atom is -0.452 e. The van der Waals surface area contributed by atoms with Gasteiger partial charge in [-0.3, -0.25) is 4.79 Å². The number of carbonyl (C=O) groups is 2. The van der Waals surface area contributed by atoms with Gasteiger partial charge >= 0.3 is 5.97 Å². The highest BCUT2D eigenvalue weighted by Gasteiger charge is 2.22. The number of aryl methyl sites for hydroxylation is 2. The van der Waals surface area contributed by atoms with E-state index >= 15 is 0 Å². The Morgan fingerprint density at radius 1 is 1.19 bits per heavy atom. The number of nitrogens with zero attached hydrogens (tertiary/aromatic N) is 2. The maximum Gasteiger partial charge on any atom is 0.343 e. The van der Waals surface area contributed by atoms with Crippen molar-refractivity contribution in [3.8, 4) is 0 Å². The van der Waals surface area contributed by atoms with E-state index in [-0.39, 0.29) is 23.2 Å². The van der Waals surface area contributed by atoms with Gasteiger partial charge in [0.1, 0.15) is 10.7 Å². The fourth-order valence-electron chi connectivity index (χ4n) is 2.61. The Kier molecular flexibility index (Phi) is 7.85. The monoisotopic (exact) mass is 391 g/mol. The van der Waals surface area contributed by atoms with Crippen LogP contribution in [0.15, 0.2) is 24.3 Å². The summed E-state index contributed by atoms with van der Waals surface area (Å²) in [5.74, 6) is -0.961. The average molecular weight is 392 g/mol. The van der Waals surface area contributed by atoms with Crippen LogP contribution < -0.4 is 5.32 Å². The predicted molar refractivity (Wildman–Crippen MR) is 105 cm³/mol. The second-order valence-electron chi connectivity index (χ2n) is 6.53. The third kappa shape index (κ3) is 6.10. The molecule has 1 amide bonds. The number of aromatic nitrogens is 2. The SMILES string of the molecule is CCCCCNC(=O)COC(=O)c1c(C)nn(Cc2ccc(C)cc2)c1Cl. The molecule has 0 radical (unpaired) electrons. The van der Waals surface area contributed by atoms with Crippen LogP contribution in [-0.4, -0.2) is 34.8 Å². The molecule has 0 aliphatic carbocycles. The van der Waals surface area contributed by atoms with Gasteiger partial charge in [0.05, 0.1) is 12.2 Å². The number of hydrogen-bond acceptors (Lipinski definition) is 4. The highest BCUT2D eigenvalue weighted by Crippen LogP contribution is 2.22. The summed E-state index contributed by atoms with van der Waals surface area (Å²) in [5.41, 5.74) is 2.86. The van der Waals surface area contributed by atoms with Gasteiger partial charge in [-0.05, 0) is 25.8 Å². The van der Waals surface area contributed by atoms with Gasteiger partial charge in [-0.25, -0.2) is 9.48 Å². The molecule has 2 rings (SSSR count). The summed E-state index contributed by atoms with van der Waals surface area (Å²) >= 11 is 6.34. The number of hydrogen-bond donors (Lipinski definition) is 1. The number of unbranched alkanes of at least 4 members (excludes halogenated alkanes) is 2. The molecular formula is C20H26ClN3O3. The second-order valence-corrected chi connectivity index (χ2v) is 6.89. The molecule has 27 heavy (non-hydrogen) atoms. The van der Waals surface area contributed by atoms with E-state index in [9.17, 15) is 9.59 Å². The Morgan fingerprint density at radius 2 is 1.89 bits per heavy atom. The number of ether oxygens (including phenoxy) is 1. The van der Waals surface area contributed by atoms with Crippen LogP contribution in [0.3, 0.4) is 0 Å². The number of amides is 1. The number of carbonyl (C=O) groups excluding carboxylic acids is 2. The van der Waals surface area contributed by atoms with Crippen LogP contribution in [0.4, 0.5) is 0 Å². The Labute approximate surface area is 164 Å². The number of nitrogens with one attached hydrogen (secondary N) is 1. The Hall–Kier alpha value is -2.34. The average Bonchev–Trinajstić information content (AvgIpc) is 2.92. The van der Waals surface area contributed by atoms with E-state index in [1.54, 1.807) is 11.6 Å². The highest BCUT2D eigenvalue weighted by atomic mass is 35.5. The zero-order valence-electron chi connectivity index (χ0n) is 16.0. The largest absolute Gasteiger partial charge is 0.452 e. The van der Waals surface area contributed by atoms with Crippen LogP contribution >= 0.6 is 11.6 Å². The van der Waals surface area contributed by atoms with Crippen molar-refractivity contribution in [3.63, 3.8) is 0 Å². The Morgan fingerprint density at radius 3 is 2.56 bits per heavy atom. The van der Waals surface area contributed by atoms with Crippen LogP contribution in [0.25, 0.3) is 0 Å². The molecule has 146 valence electrons. The molecule has 0 atom stereocenters. The fourth-order valence-corrected chi connectivity index (χ4v) is 2.92. The zero-order valence-corrected chi connectivity index (χ0v) is 16.8. The molecule has 1 aromatic heterocycles. The number of benzene rings is 1. The lowest BCUT2D eigenvalue weighted by Crippen LogP contribution is -2.29. The van der Waals surface area contributed by atoms with Crippen LogP contribution in [0.1, 0.15) is 53.4 Å². The fraction of sp³-hybridized carbons (Fsp3) is 0.450. The quantitative estimate of drug-likeness (QED) is 0.523. The third-order valence-electron chi connectivity index (χ3n) is 4.16. The molecule has 6 nitrogen and oxygen atoms in total. The molecule has 7 heteroatoms. The first-order chi connectivity index (χ1) is 12.9. The molecule has 1 aromatic carbocycles. The van der Waals surface area contributed by atoms with Crippen molar-refractivity contribution in [2.24, 2.45) is 0 Å². The van der Waals surface area contributed by atoms with Crippen molar-refractivity contribution in [2.45, 2.75) is 46.6 Å². The third-order valence-corrected chi connectivity index (χ3v) is 4.54. The lowest BCUT2D eigenvalue weighted by Gasteiger charge is -2.07. The first-order valence-corrected chi connectivity index (χ1v) is 9.52. The van der Waals surface area contributed by atoms with Gasteiger partial charge in [-0.2, -0.15) is 5.10 Å². The number of rotatable bonds is 9. The van der Waals surface area contributed by atoms with Crippen molar-refractivity contribution in [1.29, 1.82) is 0 Å². The van der Waals surface area contributed by atoms with Crippen molar-refractivity contribution >= 4 is 23.5 Å². The minimum absolute atomic E-state index is 0.197. The van der Waals surface area contributed by atoms with Crippen molar-refractivity contribution < 1.29 is 14.3 Å². The molecule has 0 spiro atoms. The van der Waals surface area contributed by atoms with E-state index in [1.165, 1.54) is 5.56 Å². The maximum absolute atomic E-state index is 12.3. The molecule has 0 unspecified atom stereocenters. The van der Waals surface area contributed by atoms with E-state index in [1.807, 2.05) is 31.2 Å². The van der Waals surface area contributed by atoms with Crippen LogP contribution in [0.5, 0.6) is 0 Å². The summed E-state index contributed by atoms with van der Waals surface area (Å²) < 4.78 is 6.66. The first kappa shape index (κ1) is 21.0. The summed E-state index contributed by atoms with van der Waals surface area (Å²) in [5, 5.41) is 7.27. The first-order valence-electron chi connectivity index (χ1n) is 9.14. The Balaban J connectivity index is 1.95. The summed E-state index contributed by atoms with van der Waals surface area (Å²) in [6.07, 6.45) is 3.04. The van der Waals surface area contributed by atoms with Gasteiger partial charge in [0.25, 0.3) is 5.91 Å². The second kappa shape index (κ2) is 10.1. The van der Waals surface area contributed by atoms with E-state index in [0.29, 0.717) is 18.8 Å². The molecular weight excluding hydrogens is 366 g/mol. The topological polar surface area (TPSA) is 73.2 Å². The smallest absolute Gasteiger partial charge is 0.343 e. The van der Waals surface area contributed by atoms with Gasteiger partial charge in [0.2, 0.25) is 0 Å².